The number of carbonyl (C=O) groups is 2. The first-order chi connectivity index (χ1) is 24.4. The summed E-state index contributed by atoms with van der Waals surface area (Å²) in [7, 11) is 0. The van der Waals surface area contributed by atoms with E-state index in [1.807, 2.05) is 0 Å². The number of hydrogen-bond acceptors (Lipinski definition) is 13. The van der Waals surface area contributed by atoms with Gasteiger partial charge in [-0.25, -0.2) is 4.79 Å². The van der Waals surface area contributed by atoms with Crippen molar-refractivity contribution in [3.63, 3.8) is 0 Å². The molecule has 0 aliphatic carbocycles. The fourth-order valence-electron chi connectivity index (χ4n) is 7.85. The highest BCUT2D eigenvalue weighted by molar-refractivity contribution is 6.32. The van der Waals surface area contributed by atoms with Crippen LogP contribution in [0.3, 0.4) is 0 Å². The van der Waals surface area contributed by atoms with Crippen molar-refractivity contribution < 1.29 is 59.9 Å². The first-order valence-electron chi connectivity index (χ1n) is 16.5. The number of phenols is 2. The van der Waals surface area contributed by atoms with Crippen molar-refractivity contribution in [2.75, 3.05) is 24.8 Å². The van der Waals surface area contributed by atoms with Crippen LogP contribution in [0.1, 0.15) is 47.4 Å². The lowest BCUT2D eigenvalue weighted by Crippen LogP contribution is -2.68. The largest absolute Gasteiger partial charge is 0.508 e. The Labute approximate surface area is 291 Å². The van der Waals surface area contributed by atoms with Crippen molar-refractivity contribution in [3.05, 3.63) is 52.6 Å². The molecular formula is C36H37N3O12. The average molecular weight is 704 g/mol. The standard InChI is InChI=1S/C36H37N3O12/c40-15-19-2-1-3-20-13-36(33(47)31(46)30(45)26(16-41)50-36)51-32-25(43)10-22-12-35(11-19,34(48)49)39(29(22)28(20)32)27(44)7-5-18-4-6-24(42)21(8-18)9-23-14-37-17-38-23/h4-8,10,14,19-20,26,30-31,33,40-43,45-47H,3,9,11-13,15-17H2,(H,48,49)/b7-5+/t19-,20-,26+,30+,31-,33+,35+,36-/m0/s1. The number of amides is 1. The summed E-state index contributed by atoms with van der Waals surface area (Å²) >= 11 is 0. The van der Waals surface area contributed by atoms with Gasteiger partial charge in [0.1, 0.15) is 36.8 Å². The van der Waals surface area contributed by atoms with Crippen molar-refractivity contribution in [1.82, 2.24) is 0 Å². The summed E-state index contributed by atoms with van der Waals surface area (Å²) in [6.45, 7) is -0.928. The molecule has 268 valence electrons. The fraction of sp³-hybridized carbons (Fsp3) is 0.444. The first kappa shape index (κ1) is 34.6. The second-order valence-electron chi connectivity index (χ2n) is 13.5. The number of anilines is 1. The summed E-state index contributed by atoms with van der Waals surface area (Å²) in [5, 5.41) is 85.2. The number of benzene rings is 2. The second-order valence-corrected chi connectivity index (χ2v) is 13.5. The summed E-state index contributed by atoms with van der Waals surface area (Å²) in [6, 6.07) is 6.02. The summed E-state index contributed by atoms with van der Waals surface area (Å²) in [6.07, 6.45) is -2.76. The van der Waals surface area contributed by atoms with Crippen molar-refractivity contribution in [2.45, 2.75) is 73.8 Å². The van der Waals surface area contributed by atoms with Gasteiger partial charge in [0.15, 0.2) is 17.0 Å². The molecule has 1 spiro atoms. The van der Waals surface area contributed by atoms with Gasteiger partial charge in [-0.3, -0.25) is 19.7 Å². The second kappa shape index (κ2) is 13.1. The van der Waals surface area contributed by atoms with Gasteiger partial charge in [0, 0.05) is 60.9 Å². The van der Waals surface area contributed by atoms with Crippen LogP contribution in [0.4, 0.5) is 5.69 Å². The molecule has 51 heavy (non-hydrogen) atoms. The van der Waals surface area contributed by atoms with Crippen LogP contribution < -0.4 is 9.64 Å². The summed E-state index contributed by atoms with van der Waals surface area (Å²) in [5.41, 5.74) is 0.522. The summed E-state index contributed by atoms with van der Waals surface area (Å²) < 4.78 is 12.1. The minimum Gasteiger partial charge on any atom is -0.508 e. The number of aliphatic hydroxyl groups is 5. The van der Waals surface area contributed by atoms with E-state index in [-0.39, 0.29) is 48.4 Å². The minimum atomic E-state index is -2.08. The quantitative estimate of drug-likeness (QED) is 0.140. The number of aliphatic hydroxyl groups excluding tert-OH is 5. The molecule has 1 amide bonds. The van der Waals surface area contributed by atoms with Gasteiger partial charge in [-0.1, -0.05) is 12.0 Å². The number of carboxylic acids is 1. The predicted octanol–water partition coefficient (Wildman–Crippen LogP) is -0.00900. The molecule has 1 saturated heterocycles. The van der Waals surface area contributed by atoms with E-state index in [9.17, 15) is 50.4 Å². The number of aliphatic carboxylic acids is 1. The van der Waals surface area contributed by atoms with Crippen LogP contribution >= 0.6 is 0 Å². The lowest BCUT2D eigenvalue weighted by atomic mass is 9.78. The number of aromatic hydroxyl groups is 2. The number of phenolic OH excluding ortho intramolecular Hbond substituents is 2. The molecule has 8 N–H and O–H groups in total. The maximum absolute atomic E-state index is 14.4. The van der Waals surface area contributed by atoms with Crippen LogP contribution in [0, 0.1) is 17.8 Å². The molecule has 0 unspecified atom stereocenters. The van der Waals surface area contributed by atoms with Crippen LogP contribution in [0.15, 0.2) is 40.3 Å². The molecule has 2 aromatic carbocycles. The number of carbonyl (C=O) groups excluding carboxylic acids is 1. The molecule has 7 rings (SSSR count). The molecule has 5 aliphatic heterocycles. The highest BCUT2D eigenvalue weighted by Crippen LogP contribution is 2.58. The number of fused-ring (bicyclic) bond motifs is 1. The lowest BCUT2D eigenvalue weighted by molar-refractivity contribution is -0.344. The monoisotopic (exact) mass is 703 g/mol. The van der Waals surface area contributed by atoms with Crippen molar-refractivity contribution in [3.8, 4) is 29.1 Å². The predicted molar refractivity (Wildman–Crippen MR) is 180 cm³/mol. The molecule has 2 bridgehead atoms. The first-order valence-corrected chi connectivity index (χ1v) is 16.5. The highest BCUT2D eigenvalue weighted by Gasteiger charge is 2.61. The third-order valence-electron chi connectivity index (χ3n) is 10.3. The zero-order valence-electron chi connectivity index (χ0n) is 27.2. The molecule has 0 saturated carbocycles. The third-order valence-corrected chi connectivity index (χ3v) is 10.3. The summed E-state index contributed by atoms with van der Waals surface area (Å²) in [4.78, 5) is 37.2. The average Bonchev–Trinajstić information content (AvgIpc) is 3.74. The topological polar surface area (TPSA) is 242 Å². The van der Waals surface area contributed by atoms with Crippen molar-refractivity contribution in [1.29, 1.82) is 0 Å². The van der Waals surface area contributed by atoms with Gasteiger partial charge in [-0.2, -0.15) is 0 Å². The summed E-state index contributed by atoms with van der Waals surface area (Å²) in [5.74, 6) is -0.583. The third kappa shape index (κ3) is 5.74. The Morgan fingerprint density at radius 1 is 1.06 bits per heavy atom. The van der Waals surface area contributed by atoms with Gasteiger partial charge in [-0.15, -0.1) is 5.92 Å². The van der Waals surface area contributed by atoms with Gasteiger partial charge in [0.2, 0.25) is 5.79 Å². The Morgan fingerprint density at radius 3 is 2.57 bits per heavy atom. The minimum absolute atomic E-state index is 0.0211. The lowest BCUT2D eigenvalue weighted by Gasteiger charge is -2.51. The molecule has 15 heteroatoms. The van der Waals surface area contributed by atoms with Crippen LogP contribution in [0.5, 0.6) is 17.2 Å². The van der Waals surface area contributed by atoms with E-state index >= 15 is 0 Å². The highest BCUT2D eigenvalue weighted by atomic mass is 16.7. The van der Waals surface area contributed by atoms with Gasteiger partial charge in [0.05, 0.1) is 24.6 Å². The van der Waals surface area contributed by atoms with E-state index in [0.29, 0.717) is 35.5 Å². The number of nitrogens with zero attached hydrogens (tertiary/aromatic N) is 3. The Balaban J connectivity index is 1.35. The van der Waals surface area contributed by atoms with Gasteiger partial charge < -0.3 is 50.3 Å². The van der Waals surface area contributed by atoms with Crippen LogP contribution in [0.25, 0.3) is 6.08 Å². The van der Waals surface area contributed by atoms with E-state index in [1.54, 1.807) is 18.3 Å². The molecule has 0 aromatic heterocycles. The number of ether oxygens (including phenoxy) is 2. The zero-order valence-corrected chi connectivity index (χ0v) is 27.2. The number of aliphatic imine (C=N–C) groups is 2. The number of rotatable bonds is 7. The van der Waals surface area contributed by atoms with Gasteiger partial charge in [0.25, 0.3) is 5.91 Å². The Bertz CT molecular complexity index is 1930. The Morgan fingerprint density at radius 2 is 1.86 bits per heavy atom. The Hall–Kier alpha value is -4.82. The fourth-order valence-corrected chi connectivity index (χ4v) is 7.85. The molecule has 0 radical (unpaired) electrons. The van der Waals surface area contributed by atoms with Crippen molar-refractivity contribution >= 4 is 35.6 Å². The molecule has 8 atom stereocenters. The number of hydrogen-bond donors (Lipinski definition) is 8. The van der Waals surface area contributed by atoms with Crippen LogP contribution in [0.2, 0.25) is 0 Å². The van der Waals surface area contributed by atoms with E-state index in [2.05, 4.69) is 21.8 Å². The molecule has 5 aliphatic rings. The molecule has 5 heterocycles. The van der Waals surface area contributed by atoms with E-state index in [1.165, 1.54) is 24.3 Å². The van der Waals surface area contributed by atoms with E-state index in [4.69, 9.17) is 9.47 Å². The smallest absolute Gasteiger partial charge is 0.330 e. The van der Waals surface area contributed by atoms with Crippen LogP contribution in [-0.2, 0) is 27.2 Å². The van der Waals surface area contributed by atoms with Crippen molar-refractivity contribution in [2.24, 2.45) is 15.9 Å². The maximum Gasteiger partial charge on any atom is 0.330 e. The van der Waals surface area contributed by atoms with E-state index in [0.717, 1.165) is 4.90 Å². The molecular weight excluding hydrogens is 666 g/mol. The molecule has 15 nitrogen and oxygen atoms in total. The van der Waals surface area contributed by atoms with Gasteiger partial charge in [-0.05, 0) is 41.8 Å². The Kier molecular flexibility index (Phi) is 8.86. The maximum atomic E-state index is 14.4. The SMILES string of the molecule is O=C(/C=C/c1ccc(O)c(CC2=NCN=C2)c1)N1c2c3cc(O)c4c2[C@@H](CC#C[C@H](CO)C[C@]1(C(=O)O)C3)C[C@@]1(O4)O[C@H](CO)[C@@H](O)[C@H](O)[C@H]1O. The zero-order chi connectivity index (χ0) is 36.2. The van der Waals surface area contributed by atoms with Crippen LogP contribution in [-0.4, -0.2) is 120 Å². The number of carboxylic acid groups (broad SMARTS) is 1. The van der Waals surface area contributed by atoms with E-state index < -0.39 is 78.4 Å². The van der Waals surface area contributed by atoms with Gasteiger partial charge >= 0.3 is 5.97 Å². The molecule has 1 fully saturated rings. The molecule has 2 aromatic rings. The normalized spacial score (nSPS) is 32.0.